The van der Waals surface area contributed by atoms with E-state index in [4.69, 9.17) is 11.6 Å². The molecular weight excluding hydrogens is 224 g/mol. The Labute approximate surface area is 101 Å². The molecule has 0 saturated carbocycles. The van der Waals surface area contributed by atoms with Gasteiger partial charge in [0.1, 0.15) is 11.3 Å². The van der Waals surface area contributed by atoms with Gasteiger partial charge in [-0.2, -0.15) is 0 Å². The summed E-state index contributed by atoms with van der Waals surface area (Å²) in [6, 6.07) is 0.492. The molecule has 2 rings (SSSR count). The first-order valence-corrected chi connectivity index (χ1v) is 6.13. The monoisotopic (exact) mass is 240 g/mol. The van der Waals surface area contributed by atoms with Crippen LogP contribution in [0.2, 0.25) is 5.02 Å². The van der Waals surface area contributed by atoms with Crippen LogP contribution in [0.25, 0.3) is 0 Å². The van der Waals surface area contributed by atoms with Gasteiger partial charge in [-0.25, -0.2) is 9.97 Å². The van der Waals surface area contributed by atoms with Crippen molar-refractivity contribution in [2.75, 3.05) is 24.5 Å². The Hall–Kier alpha value is -0.870. The number of hydrogen-bond donors (Lipinski definition) is 1. The molecule has 1 aromatic rings. The van der Waals surface area contributed by atoms with Crippen molar-refractivity contribution < 1.29 is 0 Å². The largest absolute Gasteiger partial charge is 0.351 e. The molecule has 1 fully saturated rings. The van der Waals surface area contributed by atoms with Crippen molar-refractivity contribution in [1.82, 2.24) is 15.3 Å². The van der Waals surface area contributed by atoms with Gasteiger partial charge in [0, 0.05) is 19.1 Å². The van der Waals surface area contributed by atoms with Gasteiger partial charge in [-0.15, -0.1) is 0 Å². The molecule has 5 heteroatoms. The van der Waals surface area contributed by atoms with Crippen molar-refractivity contribution in [2.45, 2.75) is 25.8 Å². The summed E-state index contributed by atoms with van der Waals surface area (Å²) in [6.07, 6.45) is 5.62. The summed E-state index contributed by atoms with van der Waals surface area (Å²) in [5.41, 5.74) is 0. The van der Waals surface area contributed by atoms with Crippen LogP contribution in [0.4, 0.5) is 5.82 Å². The number of halogens is 1. The third kappa shape index (κ3) is 2.44. The number of nitrogens with one attached hydrogen (secondary N) is 1. The van der Waals surface area contributed by atoms with Gasteiger partial charge in [0.15, 0.2) is 5.82 Å². The first-order chi connectivity index (χ1) is 7.83. The third-order valence-corrected chi connectivity index (χ3v) is 3.24. The molecular formula is C11H17ClN4. The standard InChI is InChI=1S/C11H17ClN4/c1-2-16(9-4-3-5-13-6-9)11-10(12)7-14-8-15-11/h7-9,13H,2-6H2,1H3. The molecule has 88 valence electrons. The Morgan fingerprint density at radius 2 is 2.50 bits per heavy atom. The maximum atomic E-state index is 6.13. The molecule has 0 aromatic carbocycles. The molecule has 0 radical (unpaired) electrons. The second-order valence-electron chi connectivity index (χ2n) is 3.98. The second kappa shape index (κ2) is 5.46. The Kier molecular flexibility index (Phi) is 3.96. The van der Waals surface area contributed by atoms with E-state index in [9.17, 15) is 0 Å². The van der Waals surface area contributed by atoms with E-state index in [1.807, 2.05) is 0 Å². The summed E-state index contributed by atoms with van der Waals surface area (Å²) in [4.78, 5) is 10.5. The van der Waals surface area contributed by atoms with Crippen molar-refractivity contribution in [2.24, 2.45) is 0 Å². The van der Waals surface area contributed by atoms with E-state index in [-0.39, 0.29) is 0 Å². The van der Waals surface area contributed by atoms with Crippen LogP contribution in [0.5, 0.6) is 0 Å². The zero-order valence-electron chi connectivity index (χ0n) is 9.49. The van der Waals surface area contributed by atoms with E-state index in [2.05, 4.69) is 27.1 Å². The highest BCUT2D eigenvalue weighted by Crippen LogP contribution is 2.25. The minimum absolute atomic E-state index is 0.492. The number of piperidine rings is 1. The lowest BCUT2D eigenvalue weighted by Gasteiger charge is -2.35. The Morgan fingerprint density at radius 3 is 3.12 bits per heavy atom. The number of aromatic nitrogens is 2. The van der Waals surface area contributed by atoms with Crippen LogP contribution in [-0.4, -0.2) is 35.6 Å². The lowest BCUT2D eigenvalue weighted by atomic mass is 10.1. The summed E-state index contributed by atoms with van der Waals surface area (Å²) in [5.74, 6) is 0.855. The van der Waals surface area contributed by atoms with Crippen LogP contribution in [0.3, 0.4) is 0 Å². The van der Waals surface area contributed by atoms with Crippen molar-refractivity contribution >= 4 is 17.4 Å². The molecule has 0 aliphatic carbocycles. The number of nitrogens with zero attached hydrogens (tertiary/aromatic N) is 3. The number of hydrogen-bond acceptors (Lipinski definition) is 4. The molecule has 1 N–H and O–H groups in total. The van der Waals surface area contributed by atoms with Gasteiger partial charge in [-0.05, 0) is 26.3 Å². The molecule has 0 amide bonds. The zero-order valence-corrected chi connectivity index (χ0v) is 10.2. The van der Waals surface area contributed by atoms with Crippen LogP contribution < -0.4 is 10.2 Å². The van der Waals surface area contributed by atoms with Crippen LogP contribution in [0.15, 0.2) is 12.5 Å². The Morgan fingerprint density at radius 1 is 1.62 bits per heavy atom. The predicted molar refractivity (Wildman–Crippen MR) is 66.0 cm³/mol. The molecule has 0 bridgehead atoms. The van der Waals surface area contributed by atoms with Gasteiger partial charge in [0.25, 0.3) is 0 Å². The minimum Gasteiger partial charge on any atom is -0.351 e. The molecule has 1 saturated heterocycles. The molecule has 1 aliphatic heterocycles. The zero-order chi connectivity index (χ0) is 11.4. The van der Waals surface area contributed by atoms with Gasteiger partial charge < -0.3 is 10.2 Å². The molecule has 1 aliphatic rings. The molecule has 4 nitrogen and oxygen atoms in total. The highest BCUT2D eigenvalue weighted by Gasteiger charge is 2.22. The van der Waals surface area contributed by atoms with Crippen LogP contribution in [0, 0.1) is 0 Å². The first-order valence-electron chi connectivity index (χ1n) is 5.75. The van der Waals surface area contributed by atoms with E-state index < -0.39 is 0 Å². The Balaban J connectivity index is 2.18. The van der Waals surface area contributed by atoms with E-state index >= 15 is 0 Å². The topological polar surface area (TPSA) is 41.1 Å². The quantitative estimate of drug-likeness (QED) is 0.874. The van der Waals surface area contributed by atoms with E-state index in [1.54, 1.807) is 12.5 Å². The second-order valence-corrected chi connectivity index (χ2v) is 4.39. The van der Waals surface area contributed by atoms with Crippen LogP contribution in [-0.2, 0) is 0 Å². The first kappa shape index (κ1) is 11.6. The van der Waals surface area contributed by atoms with Gasteiger partial charge in [-0.1, -0.05) is 11.6 Å². The van der Waals surface area contributed by atoms with Crippen LogP contribution in [0.1, 0.15) is 19.8 Å². The van der Waals surface area contributed by atoms with E-state index in [0.717, 1.165) is 25.5 Å². The Bertz CT molecular complexity index is 339. The molecule has 1 aromatic heterocycles. The summed E-state index contributed by atoms with van der Waals surface area (Å²) in [7, 11) is 0. The van der Waals surface area contributed by atoms with Crippen LogP contribution >= 0.6 is 11.6 Å². The molecule has 2 heterocycles. The highest BCUT2D eigenvalue weighted by atomic mass is 35.5. The average molecular weight is 241 g/mol. The smallest absolute Gasteiger partial charge is 0.151 e. The molecule has 0 spiro atoms. The summed E-state index contributed by atoms with van der Waals surface area (Å²) in [5, 5.41) is 4.04. The van der Waals surface area contributed by atoms with Gasteiger partial charge >= 0.3 is 0 Å². The maximum absolute atomic E-state index is 6.13. The van der Waals surface area contributed by atoms with Crippen molar-refractivity contribution in [3.8, 4) is 0 Å². The minimum atomic E-state index is 0.492. The fourth-order valence-electron chi connectivity index (χ4n) is 2.20. The van der Waals surface area contributed by atoms with Gasteiger partial charge in [0.05, 0.1) is 6.20 Å². The van der Waals surface area contributed by atoms with E-state index in [0.29, 0.717) is 11.1 Å². The van der Waals surface area contributed by atoms with Crippen molar-refractivity contribution in [3.63, 3.8) is 0 Å². The summed E-state index contributed by atoms with van der Waals surface area (Å²) < 4.78 is 0. The molecule has 16 heavy (non-hydrogen) atoms. The third-order valence-electron chi connectivity index (χ3n) is 2.97. The van der Waals surface area contributed by atoms with Crippen molar-refractivity contribution in [1.29, 1.82) is 0 Å². The summed E-state index contributed by atoms with van der Waals surface area (Å²) in [6.45, 7) is 5.18. The normalized spacial score (nSPS) is 20.8. The fraction of sp³-hybridized carbons (Fsp3) is 0.636. The summed E-state index contributed by atoms with van der Waals surface area (Å²) >= 11 is 6.13. The number of anilines is 1. The van der Waals surface area contributed by atoms with Gasteiger partial charge in [-0.3, -0.25) is 0 Å². The lowest BCUT2D eigenvalue weighted by Crippen LogP contribution is -2.46. The van der Waals surface area contributed by atoms with Crippen molar-refractivity contribution in [3.05, 3.63) is 17.5 Å². The number of rotatable bonds is 3. The molecule has 1 atom stereocenters. The van der Waals surface area contributed by atoms with E-state index in [1.165, 1.54) is 12.8 Å². The highest BCUT2D eigenvalue weighted by molar-refractivity contribution is 6.32. The lowest BCUT2D eigenvalue weighted by molar-refractivity contribution is 0.433. The fourth-order valence-corrected chi connectivity index (χ4v) is 2.41. The maximum Gasteiger partial charge on any atom is 0.151 e. The molecule has 1 unspecified atom stereocenters. The van der Waals surface area contributed by atoms with Gasteiger partial charge in [0.2, 0.25) is 0 Å². The predicted octanol–water partition coefficient (Wildman–Crippen LogP) is 1.71. The number of likely N-dealkylation sites (N-methyl/N-ethyl adjacent to an activating group) is 1. The SMILES string of the molecule is CCN(c1ncncc1Cl)C1CCCNC1. The average Bonchev–Trinajstić information content (AvgIpc) is 2.34.